The molecule has 0 spiro atoms. The molecule has 0 aliphatic heterocycles. The number of hydrogen-bond acceptors (Lipinski definition) is 4. The van der Waals surface area contributed by atoms with E-state index in [0.29, 0.717) is 18.7 Å². The molecule has 0 aromatic heterocycles. The molecule has 2 unspecified atom stereocenters. The third kappa shape index (κ3) is 9.50. The van der Waals surface area contributed by atoms with Crippen molar-refractivity contribution < 1.29 is 32.6 Å². The van der Waals surface area contributed by atoms with Crippen LogP contribution < -0.4 is 10.1 Å². The number of halogens is 3. The number of benzene rings is 2. The van der Waals surface area contributed by atoms with E-state index in [1.54, 1.807) is 6.92 Å². The maximum Gasteiger partial charge on any atom is 0.573 e. The van der Waals surface area contributed by atoms with Gasteiger partial charge in [-0.2, -0.15) is 0 Å². The van der Waals surface area contributed by atoms with Crippen molar-refractivity contribution in [2.75, 3.05) is 11.9 Å². The molecule has 2 atom stereocenters. The van der Waals surface area contributed by atoms with Gasteiger partial charge in [0.25, 0.3) is 0 Å². The van der Waals surface area contributed by atoms with Crippen molar-refractivity contribution in [2.24, 2.45) is 0 Å². The zero-order chi connectivity index (χ0) is 27.6. The number of carboxylic acids is 1. The lowest BCUT2D eigenvalue weighted by atomic mass is 9.87. The van der Waals surface area contributed by atoms with Gasteiger partial charge >= 0.3 is 18.4 Å². The summed E-state index contributed by atoms with van der Waals surface area (Å²) in [5.41, 5.74) is 2.69. The predicted octanol–water partition coefficient (Wildman–Crippen LogP) is 7.37. The van der Waals surface area contributed by atoms with Crippen LogP contribution in [-0.2, 0) is 17.6 Å². The first-order valence-corrected chi connectivity index (χ1v) is 13.4. The molecule has 0 bridgehead atoms. The molecule has 2 aromatic rings. The summed E-state index contributed by atoms with van der Waals surface area (Å²) in [5.74, 6) is -1.20. The van der Waals surface area contributed by atoms with Gasteiger partial charge in [0, 0.05) is 23.2 Å². The molecule has 2 aromatic carbocycles. The van der Waals surface area contributed by atoms with Crippen LogP contribution in [0.3, 0.4) is 0 Å². The summed E-state index contributed by atoms with van der Waals surface area (Å²) in [6.07, 6.45) is -0.797. The number of carbonyl (C=O) groups is 2. The van der Waals surface area contributed by atoms with Gasteiger partial charge < -0.3 is 20.1 Å². The topological polar surface area (TPSA) is 78.9 Å². The van der Waals surface area contributed by atoms with Gasteiger partial charge in [-0.3, -0.25) is 4.79 Å². The lowest BCUT2D eigenvalue weighted by molar-refractivity contribution is -0.274. The molecule has 204 valence electrons. The number of fused-ring (bicyclic) bond motifs is 1. The summed E-state index contributed by atoms with van der Waals surface area (Å²) in [5, 5.41) is 11.4. The minimum atomic E-state index is -4.77. The maximum absolute atomic E-state index is 13.1. The van der Waals surface area contributed by atoms with Gasteiger partial charge in [0.15, 0.2) is 0 Å². The molecule has 0 heterocycles. The zero-order valence-corrected chi connectivity index (χ0v) is 22.4. The SMILES string of the molecule is CC.CCCCN(C(=O)Nc1ccc(OC(F)(F)F)cc1)C1CCc2cc(SC(C)C(=O)O)ccc2C1. The molecule has 37 heavy (non-hydrogen) atoms. The molecule has 1 aliphatic rings. The number of hydrogen-bond donors (Lipinski definition) is 2. The number of carbonyl (C=O) groups excluding carboxylic acids is 1. The van der Waals surface area contributed by atoms with E-state index in [2.05, 4.69) is 10.1 Å². The first-order chi connectivity index (χ1) is 17.6. The Morgan fingerprint density at radius 1 is 1.16 bits per heavy atom. The van der Waals surface area contributed by atoms with Crippen molar-refractivity contribution in [2.45, 2.75) is 82.3 Å². The Bertz CT molecular complexity index is 1030. The normalized spacial score (nSPS) is 15.5. The second kappa shape index (κ2) is 14.2. The first-order valence-electron chi connectivity index (χ1n) is 12.5. The Hall–Kier alpha value is -2.88. The van der Waals surface area contributed by atoms with Crippen LogP contribution >= 0.6 is 11.8 Å². The number of urea groups is 1. The van der Waals surface area contributed by atoms with Gasteiger partial charge in [-0.15, -0.1) is 24.9 Å². The van der Waals surface area contributed by atoms with Gasteiger partial charge in [0.2, 0.25) is 0 Å². The van der Waals surface area contributed by atoms with Crippen LogP contribution in [0.4, 0.5) is 23.7 Å². The van der Waals surface area contributed by atoms with E-state index in [1.807, 2.05) is 43.9 Å². The van der Waals surface area contributed by atoms with Crippen LogP contribution in [-0.4, -0.2) is 46.2 Å². The van der Waals surface area contributed by atoms with Gasteiger partial charge in [-0.1, -0.05) is 33.3 Å². The quantitative estimate of drug-likeness (QED) is 0.325. The van der Waals surface area contributed by atoms with Crippen molar-refractivity contribution in [1.82, 2.24) is 4.90 Å². The highest BCUT2D eigenvalue weighted by Gasteiger charge is 2.31. The van der Waals surface area contributed by atoms with Crippen LogP contribution in [0.15, 0.2) is 47.4 Å². The number of unbranched alkanes of at least 4 members (excludes halogenated alkanes) is 1. The highest BCUT2D eigenvalue weighted by atomic mass is 32.2. The largest absolute Gasteiger partial charge is 0.573 e. The molecule has 10 heteroatoms. The van der Waals surface area contributed by atoms with Crippen LogP contribution in [0.5, 0.6) is 5.75 Å². The average molecular weight is 541 g/mol. The molecule has 6 nitrogen and oxygen atoms in total. The van der Waals surface area contributed by atoms with Gasteiger partial charge in [0.1, 0.15) is 11.0 Å². The molecular weight excluding hydrogens is 505 g/mol. The number of nitrogens with zero attached hydrogens (tertiary/aromatic N) is 1. The highest BCUT2D eigenvalue weighted by Crippen LogP contribution is 2.31. The van der Waals surface area contributed by atoms with Crippen LogP contribution in [0.1, 0.15) is 58.1 Å². The molecule has 0 saturated carbocycles. The van der Waals surface area contributed by atoms with Gasteiger partial charge in [0.05, 0.1) is 0 Å². The van der Waals surface area contributed by atoms with Crippen molar-refractivity contribution in [1.29, 1.82) is 0 Å². The summed E-state index contributed by atoms with van der Waals surface area (Å²) in [6, 6.07) is 10.7. The molecule has 2 N–H and O–H groups in total. The molecule has 0 fully saturated rings. The number of aryl methyl sites for hydroxylation is 1. The number of ether oxygens (including phenoxy) is 1. The minimum absolute atomic E-state index is 0.0154. The van der Waals surface area contributed by atoms with Crippen LogP contribution in [0.25, 0.3) is 0 Å². The Morgan fingerprint density at radius 3 is 2.43 bits per heavy atom. The molecule has 2 amide bonds. The van der Waals surface area contributed by atoms with E-state index in [1.165, 1.54) is 29.5 Å². The Kier molecular flexibility index (Phi) is 11.6. The number of alkyl halides is 3. The minimum Gasteiger partial charge on any atom is -0.480 e. The van der Waals surface area contributed by atoms with Crippen molar-refractivity contribution in [3.8, 4) is 5.75 Å². The Morgan fingerprint density at radius 2 is 1.84 bits per heavy atom. The fourth-order valence-electron chi connectivity index (χ4n) is 4.02. The van der Waals surface area contributed by atoms with E-state index >= 15 is 0 Å². The fourth-order valence-corrected chi connectivity index (χ4v) is 4.89. The third-order valence-electron chi connectivity index (χ3n) is 5.83. The molecule has 3 rings (SSSR count). The van der Waals surface area contributed by atoms with Crippen molar-refractivity contribution in [3.63, 3.8) is 0 Å². The molecule has 0 saturated heterocycles. The van der Waals surface area contributed by atoms with Crippen LogP contribution in [0, 0.1) is 0 Å². The lowest BCUT2D eigenvalue weighted by Gasteiger charge is -2.35. The van der Waals surface area contributed by atoms with E-state index in [9.17, 15) is 22.8 Å². The fraction of sp³-hybridized carbons (Fsp3) is 0.481. The van der Waals surface area contributed by atoms with E-state index in [4.69, 9.17) is 5.11 Å². The standard InChI is InChI=1S/C25H29F3N2O4S.C2H6/c1-3-4-13-30(24(33)29-19-7-10-21(11-8-19)34-25(26,27)28)20-9-5-18-15-22(12-6-17(18)14-20)35-16(2)23(31)32;1-2/h6-8,10-12,15-16,20H,3-5,9,13-14H2,1-2H3,(H,29,33)(H,31,32);1-2H3. The second-order valence-electron chi connectivity index (χ2n) is 8.47. The highest BCUT2D eigenvalue weighted by molar-refractivity contribution is 8.00. The summed E-state index contributed by atoms with van der Waals surface area (Å²) < 4.78 is 41.0. The smallest absolute Gasteiger partial charge is 0.480 e. The van der Waals surface area contributed by atoms with E-state index in [-0.39, 0.29) is 17.8 Å². The molecule has 1 aliphatic carbocycles. The zero-order valence-electron chi connectivity index (χ0n) is 21.6. The van der Waals surface area contributed by atoms with Gasteiger partial charge in [-0.25, -0.2) is 4.79 Å². The number of thioether (sulfide) groups is 1. The van der Waals surface area contributed by atoms with Crippen molar-refractivity contribution >= 4 is 29.4 Å². The Balaban J connectivity index is 0.00000235. The monoisotopic (exact) mass is 540 g/mol. The number of nitrogens with one attached hydrogen (secondary N) is 1. The van der Waals surface area contributed by atoms with Crippen molar-refractivity contribution in [3.05, 3.63) is 53.6 Å². The van der Waals surface area contributed by atoms with Gasteiger partial charge in [-0.05, 0) is 80.1 Å². The average Bonchev–Trinajstić information content (AvgIpc) is 2.85. The number of rotatable bonds is 9. The summed E-state index contributed by atoms with van der Waals surface area (Å²) >= 11 is 1.31. The number of carboxylic acid groups (broad SMARTS) is 1. The first kappa shape index (κ1) is 30.3. The van der Waals surface area contributed by atoms with Crippen LogP contribution in [0.2, 0.25) is 0 Å². The number of amides is 2. The van der Waals surface area contributed by atoms with E-state index in [0.717, 1.165) is 48.3 Å². The molecular formula is C27H35F3N2O4S. The number of aliphatic carboxylic acids is 1. The molecule has 0 radical (unpaired) electrons. The predicted molar refractivity (Wildman–Crippen MR) is 140 cm³/mol. The third-order valence-corrected chi connectivity index (χ3v) is 6.92. The summed E-state index contributed by atoms with van der Waals surface area (Å²) in [7, 11) is 0. The second-order valence-corrected chi connectivity index (χ2v) is 9.89. The van der Waals surface area contributed by atoms with E-state index < -0.39 is 17.6 Å². The maximum atomic E-state index is 13.1. The Labute approximate surface area is 220 Å². The lowest BCUT2D eigenvalue weighted by Crippen LogP contribution is -2.46. The summed E-state index contributed by atoms with van der Waals surface area (Å²) in [4.78, 5) is 27.0. The summed E-state index contributed by atoms with van der Waals surface area (Å²) in [6.45, 7) is 8.27. The number of anilines is 1.